The number of hydrogen-bond donors (Lipinski definition) is 0. The second-order valence-corrected chi connectivity index (χ2v) is 9.65. The number of hydrogen-bond acceptors (Lipinski definition) is 6. The largest absolute Gasteiger partial charge is 0.462 e. The van der Waals surface area contributed by atoms with Gasteiger partial charge >= 0.3 is 5.97 Å². The van der Waals surface area contributed by atoms with E-state index in [0.717, 1.165) is 35.3 Å². The number of ether oxygens (including phenoxy) is 2. The predicted octanol–water partition coefficient (Wildman–Crippen LogP) is 5.19. The van der Waals surface area contributed by atoms with Crippen molar-refractivity contribution in [2.75, 3.05) is 44.4 Å². The molecule has 7 nitrogen and oxygen atoms in total. The van der Waals surface area contributed by atoms with Gasteiger partial charge in [0.1, 0.15) is 0 Å². The van der Waals surface area contributed by atoms with Gasteiger partial charge in [0.25, 0.3) is 11.8 Å². The van der Waals surface area contributed by atoms with Crippen LogP contribution in [0.1, 0.15) is 37.5 Å². The van der Waals surface area contributed by atoms with Crippen LogP contribution in [-0.2, 0) is 9.47 Å². The Kier molecular flexibility index (Phi) is 6.82. The number of nitrogens with zero attached hydrogens (tertiary/aromatic N) is 2. The zero-order chi connectivity index (χ0) is 26.8. The van der Waals surface area contributed by atoms with Gasteiger partial charge in [0.05, 0.1) is 25.4 Å². The molecule has 0 bridgehead atoms. The minimum Gasteiger partial charge on any atom is -0.462 e. The average molecular weight is 521 g/mol. The van der Waals surface area contributed by atoms with Crippen LogP contribution < -0.4 is 4.90 Å². The van der Waals surface area contributed by atoms with E-state index in [9.17, 15) is 14.4 Å². The minimum absolute atomic E-state index is 0.101. The maximum atomic E-state index is 13.4. The molecule has 2 aliphatic heterocycles. The molecule has 39 heavy (non-hydrogen) atoms. The summed E-state index contributed by atoms with van der Waals surface area (Å²) in [6.45, 7) is 3.10. The number of carbonyl (C=O) groups is 3. The number of amides is 2. The van der Waals surface area contributed by atoms with E-state index in [0.29, 0.717) is 41.7 Å². The molecule has 6 rings (SSSR count). The SMILES string of the molecule is O=C(OCCCN1C(=O)c2cccc3c(N4CCOCC4)ccc(c23)C1=O)c1ccc(-c2ccccc2)cc1. The molecular weight excluding hydrogens is 492 g/mol. The number of carbonyl (C=O) groups excluding carboxylic acids is 3. The number of anilines is 1. The first-order valence-electron chi connectivity index (χ1n) is 13.2. The molecule has 2 heterocycles. The van der Waals surface area contributed by atoms with E-state index in [1.165, 1.54) is 4.90 Å². The first-order chi connectivity index (χ1) is 19.1. The summed E-state index contributed by atoms with van der Waals surface area (Å²) in [5, 5.41) is 1.61. The molecule has 1 fully saturated rings. The molecule has 0 aliphatic carbocycles. The van der Waals surface area contributed by atoms with Gasteiger partial charge in [0, 0.05) is 47.2 Å². The summed E-state index contributed by atoms with van der Waals surface area (Å²) in [6, 6.07) is 26.6. The highest BCUT2D eigenvalue weighted by Crippen LogP contribution is 2.36. The predicted molar refractivity (Wildman–Crippen MR) is 149 cm³/mol. The van der Waals surface area contributed by atoms with Crippen LogP contribution in [-0.4, -0.2) is 62.1 Å². The molecule has 0 N–H and O–H groups in total. The van der Waals surface area contributed by atoms with E-state index in [-0.39, 0.29) is 25.0 Å². The lowest BCUT2D eigenvalue weighted by atomic mass is 9.92. The van der Waals surface area contributed by atoms with Gasteiger partial charge in [0.2, 0.25) is 0 Å². The molecule has 7 heteroatoms. The third kappa shape index (κ3) is 4.77. The zero-order valence-electron chi connectivity index (χ0n) is 21.5. The van der Waals surface area contributed by atoms with Crippen LogP contribution >= 0.6 is 0 Å². The molecule has 1 saturated heterocycles. The van der Waals surface area contributed by atoms with E-state index in [4.69, 9.17) is 9.47 Å². The van der Waals surface area contributed by atoms with Gasteiger partial charge in [-0.2, -0.15) is 0 Å². The molecule has 0 radical (unpaired) electrons. The number of morpholine rings is 1. The number of esters is 1. The molecule has 0 spiro atoms. The first-order valence-corrected chi connectivity index (χ1v) is 13.2. The molecule has 2 aliphatic rings. The standard InChI is InChI=1S/C32H28N2O5/c35-30-26-9-4-8-25-28(33-17-20-38-21-18-33)15-14-27(29(25)26)31(36)34(30)16-5-19-39-32(37)24-12-10-23(11-13-24)22-6-2-1-3-7-22/h1-4,6-15H,5,16-21H2. The first kappa shape index (κ1) is 24.8. The highest BCUT2D eigenvalue weighted by atomic mass is 16.5. The fourth-order valence-corrected chi connectivity index (χ4v) is 5.31. The molecule has 0 aromatic heterocycles. The van der Waals surface area contributed by atoms with Crippen molar-refractivity contribution in [3.63, 3.8) is 0 Å². The fraction of sp³-hybridized carbons (Fsp3) is 0.219. The fourth-order valence-electron chi connectivity index (χ4n) is 5.31. The van der Waals surface area contributed by atoms with E-state index in [1.807, 2.05) is 66.7 Å². The van der Waals surface area contributed by atoms with Crippen LogP contribution in [0.25, 0.3) is 21.9 Å². The van der Waals surface area contributed by atoms with E-state index in [2.05, 4.69) is 4.90 Å². The molecule has 0 atom stereocenters. The Morgan fingerprint density at radius 1 is 0.769 bits per heavy atom. The number of imide groups is 1. The van der Waals surface area contributed by atoms with Crippen LogP contribution in [0.3, 0.4) is 0 Å². The van der Waals surface area contributed by atoms with Gasteiger partial charge in [-0.05, 0) is 47.9 Å². The maximum Gasteiger partial charge on any atom is 0.338 e. The van der Waals surface area contributed by atoms with E-state index in [1.54, 1.807) is 18.2 Å². The van der Waals surface area contributed by atoms with Crippen molar-refractivity contribution in [1.82, 2.24) is 4.90 Å². The highest BCUT2D eigenvalue weighted by Gasteiger charge is 2.33. The summed E-state index contributed by atoms with van der Waals surface area (Å²) in [5.74, 6) is -1.07. The second kappa shape index (κ2) is 10.7. The summed E-state index contributed by atoms with van der Waals surface area (Å²) < 4.78 is 10.9. The summed E-state index contributed by atoms with van der Waals surface area (Å²) in [5.41, 5.74) is 4.60. The topological polar surface area (TPSA) is 76.2 Å². The third-order valence-corrected chi connectivity index (χ3v) is 7.31. The molecule has 4 aromatic rings. The summed E-state index contributed by atoms with van der Waals surface area (Å²) in [7, 11) is 0. The molecule has 0 unspecified atom stereocenters. The van der Waals surface area contributed by atoms with Crippen molar-refractivity contribution in [2.45, 2.75) is 6.42 Å². The Hall–Kier alpha value is -4.49. The summed E-state index contributed by atoms with van der Waals surface area (Å²) in [6.07, 6.45) is 0.350. The smallest absolute Gasteiger partial charge is 0.338 e. The lowest BCUT2D eigenvalue weighted by molar-refractivity contribution is 0.0476. The lowest BCUT2D eigenvalue weighted by Gasteiger charge is -2.32. The van der Waals surface area contributed by atoms with E-state index >= 15 is 0 Å². The zero-order valence-corrected chi connectivity index (χ0v) is 21.5. The monoisotopic (exact) mass is 520 g/mol. The van der Waals surface area contributed by atoms with Crippen LogP contribution in [0.2, 0.25) is 0 Å². The Morgan fingerprint density at radius 2 is 1.46 bits per heavy atom. The minimum atomic E-state index is -0.434. The molecule has 4 aromatic carbocycles. The number of benzene rings is 4. The lowest BCUT2D eigenvalue weighted by Crippen LogP contribution is -2.41. The van der Waals surface area contributed by atoms with Gasteiger partial charge < -0.3 is 14.4 Å². The van der Waals surface area contributed by atoms with Gasteiger partial charge in [0.15, 0.2) is 0 Å². The van der Waals surface area contributed by atoms with E-state index < -0.39 is 5.97 Å². The van der Waals surface area contributed by atoms with Crippen molar-refractivity contribution in [3.05, 3.63) is 102 Å². The van der Waals surface area contributed by atoms with Gasteiger partial charge in [-0.25, -0.2) is 4.79 Å². The van der Waals surface area contributed by atoms with Crippen LogP contribution in [0, 0.1) is 0 Å². The molecule has 2 amide bonds. The summed E-state index contributed by atoms with van der Waals surface area (Å²) in [4.78, 5) is 42.8. The van der Waals surface area contributed by atoms with Crippen molar-refractivity contribution in [3.8, 4) is 11.1 Å². The normalized spacial score (nSPS) is 15.1. The molecule has 0 saturated carbocycles. The van der Waals surface area contributed by atoms with Gasteiger partial charge in [-0.1, -0.05) is 54.6 Å². The van der Waals surface area contributed by atoms with Crippen LogP contribution in [0.15, 0.2) is 84.9 Å². The average Bonchev–Trinajstić information content (AvgIpc) is 3.00. The number of rotatable bonds is 7. The van der Waals surface area contributed by atoms with Crippen molar-refractivity contribution in [2.24, 2.45) is 0 Å². The maximum absolute atomic E-state index is 13.4. The van der Waals surface area contributed by atoms with Crippen LogP contribution in [0.4, 0.5) is 5.69 Å². The van der Waals surface area contributed by atoms with Crippen molar-refractivity contribution >= 4 is 34.2 Å². The highest BCUT2D eigenvalue weighted by molar-refractivity contribution is 6.26. The Labute approximate surface area is 226 Å². The second-order valence-electron chi connectivity index (χ2n) is 9.65. The molecule has 196 valence electrons. The quantitative estimate of drug-likeness (QED) is 0.190. The summed E-state index contributed by atoms with van der Waals surface area (Å²) >= 11 is 0. The van der Waals surface area contributed by atoms with Crippen LogP contribution in [0.5, 0.6) is 0 Å². The van der Waals surface area contributed by atoms with Crippen molar-refractivity contribution < 1.29 is 23.9 Å². The van der Waals surface area contributed by atoms with Gasteiger partial charge in [-0.3, -0.25) is 14.5 Å². The third-order valence-electron chi connectivity index (χ3n) is 7.31. The molecular formula is C32H28N2O5. The van der Waals surface area contributed by atoms with Crippen molar-refractivity contribution in [1.29, 1.82) is 0 Å². The van der Waals surface area contributed by atoms with Gasteiger partial charge in [-0.15, -0.1) is 0 Å². The Morgan fingerprint density at radius 3 is 2.21 bits per heavy atom. The Balaban J connectivity index is 1.11. The Bertz CT molecular complexity index is 1520.